The smallest absolute Gasteiger partial charge is 0.416 e. The number of aliphatic hydroxyl groups excluding tert-OH is 3. The van der Waals surface area contributed by atoms with Gasteiger partial charge in [-0.05, 0) is 73.2 Å². The monoisotopic (exact) mass is 613 g/mol. The molecule has 0 aromatic heterocycles. The fourth-order valence-corrected chi connectivity index (χ4v) is 5.92. The van der Waals surface area contributed by atoms with E-state index in [1.807, 2.05) is 0 Å². The van der Waals surface area contributed by atoms with Crippen molar-refractivity contribution in [3.8, 4) is 5.75 Å². The molecule has 0 radical (unpaired) electrons. The van der Waals surface area contributed by atoms with E-state index in [0.717, 1.165) is 5.57 Å². The summed E-state index contributed by atoms with van der Waals surface area (Å²) in [6, 6.07) is 6.90. The number of hydrogen-bond acceptors (Lipinski definition) is 6. The number of carbonyl (C=O) groups excluding carboxylic acids is 2. The summed E-state index contributed by atoms with van der Waals surface area (Å²) in [5.41, 5.74) is -2.55. The van der Waals surface area contributed by atoms with E-state index in [2.05, 4.69) is 0 Å². The minimum absolute atomic E-state index is 0.0615. The number of anilines is 1. The predicted octanol–water partition coefficient (Wildman–Crippen LogP) is 5.08. The fourth-order valence-electron chi connectivity index (χ4n) is 5.92. The summed E-state index contributed by atoms with van der Waals surface area (Å²) in [4.78, 5) is 27.2. The van der Waals surface area contributed by atoms with E-state index in [1.54, 1.807) is 25.1 Å². The number of phenolic OH excluding ortho intramolecular Hbond substituents is 1. The number of aliphatic hydroxyl groups is 3. The number of alkyl halides is 6. The van der Waals surface area contributed by atoms with E-state index < -0.39 is 78.1 Å². The van der Waals surface area contributed by atoms with Gasteiger partial charge in [0.15, 0.2) is 0 Å². The number of halogens is 6. The van der Waals surface area contributed by atoms with Crippen LogP contribution < -0.4 is 4.90 Å². The standard InChI is InChI=1S/C30H29F6NO6/c1-15(7-16-3-2-4-21(40)8-16)5-6-24(41)25-17(13-38)9-22-26(23(25)14-39)28(43)37(27(22)42)20-11-18(29(31,32)33)10-19(12-20)30(34,35)36/h2-4,7-8,10-12,22-24,26,38-41H,5-6,9,13-14H2,1H3/b15-7+/t22-,23+,24-,26-/m1/s1. The summed E-state index contributed by atoms with van der Waals surface area (Å²) in [6.07, 6.45) is -9.84. The van der Waals surface area contributed by atoms with Gasteiger partial charge in [0.1, 0.15) is 5.75 Å². The van der Waals surface area contributed by atoms with Gasteiger partial charge in [-0.2, -0.15) is 26.3 Å². The van der Waals surface area contributed by atoms with Crippen LogP contribution in [0.1, 0.15) is 42.9 Å². The molecule has 43 heavy (non-hydrogen) atoms. The van der Waals surface area contributed by atoms with Crippen molar-refractivity contribution in [1.82, 2.24) is 0 Å². The number of carbonyl (C=O) groups is 2. The number of hydrogen-bond donors (Lipinski definition) is 4. The molecule has 4 N–H and O–H groups in total. The number of benzene rings is 2. The highest BCUT2D eigenvalue weighted by Gasteiger charge is 2.55. The minimum atomic E-state index is -5.21. The Morgan fingerprint density at radius 1 is 1.00 bits per heavy atom. The van der Waals surface area contributed by atoms with Gasteiger partial charge in [0, 0.05) is 5.92 Å². The molecule has 7 nitrogen and oxygen atoms in total. The molecule has 1 aliphatic carbocycles. The van der Waals surface area contributed by atoms with Crippen molar-refractivity contribution in [3.63, 3.8) is 0 Å². The Labute approximate surface area is 242 Å². The Kier molecular flexibility index (Phi) is 9.10. The molecule has 0 bridgehead atoms. The topological polar surface area (TPSA) is 118 Å². The lowest BCUT2D eigenvalue weighted by Gasteiger charge is -2.36. The van der Waals surface area contributed by atoms with Crippen LogP contribution in [0.4, 0.5) is 32.0 Å². The van der Waals surface area contributed by atoms with Crippen molar-refractivity contribution >= 4 is 23.6 Å². The summed E-state index contributed by atoms with van der Waals surface area (Å²) >= 11 is 0. The zero-order valence-electron chi connectivity index (χ0n) is 22.8. The van der Waals surface area contributed by atoms with Crippen LogP contribution in [0.3, 0.4) is 0 Å². The van der Waals surface area contributed by atoms with E-state index in [1.165, 1.54) is 12.1 Å². The van der Waals surface area contributed by atoms with Crippen LogP contribution in [0.5, 0.6) is 5.75 Å². The molecule has 1 fully saturated rings. The number of imide groups is 1. The Morgan fingerprint density at radius 2 is 1.63 bits per heavy atom. The number of phenols is 1. The third kappa shape index (κ3) is 6.63. The Morgan fingerprint density at radius 3 is 2.16 bits per heavy atom. The summed E-state index contributed by atoms with van der Waals surface area (Å²) in [6.45, 7) is 0.339. The van der Waals surface area contributed by atoms with Crippen molar-refractivity contribution in [2.45, 2.75) is 44.6 Å². The Hall–Kier alpha value is -3.68. The first-order chi connectivity index (χ1) is 20.1. The van der Waals surface area contributed by atoms with E-state index in [-0.39, 0.29) is 52.8 Å². The van der Waals surface area contributed by atoms with Crippen molar-refractivity contribution < 1.29 is 56.4 Å². The van der Waals surface area contributed by atoms with Crippen LogP contribution in [0, 0.1) is 17.8 Å². The van der Waals surface area contributed by atoms with Crippen LogP contribution in [0.25, 0.3) is 6.08 Å². The molecule has 0 spiro atoms. The minimum Gasteiger partial charge on any atom is -0.508 e. The van der Waals surface area contributed by atoms with Gasteiger partial charge in [-0.15, -0.1) is 0 Å². The maximum absolute atomic E-state index is 13.5. The second-order valence-corrected chi connectivity index (χ2v) is 10.8. The lowest BCUT2D eigenvalue weighted by atomic mass is 9.68. The average molecular weight is 614 g/mol. The molecular weight excluding hydrogens is 584 g/mol. The highest BCUT2D eigenvalue weighted by Crippen LogP contribution is 2.48. The molecule has 1 heterocycles. The summed E-state index contributed by atoms with van der Waals surface area (Å²) in [5.74, 6) is -6.00. The molecule has 13 heteroatoms. The van der Waals surface area contributed by atoms with E-state index in [4.69, 9.17) is 0 Å². The first-order valence-electron chi connectivity index (χ1n) is 13.3. The highest BCUT2D eigenvalue weighted by atomic mass is 19.4. The van der Waals surface area contributed by atoms with Crippen LogP contribution in [-0.2, 0) is 21.9 Å². The number of amides is 2. The van der Waals surface area contributed by atoms with Crippen LogP contribution in [0.2, 0.25) is 0 Å². The average Bonchev–Trinajstić information content (AvgIpc) is 3.18. The van der Waals surface area contributed by atoms with E-state index in [0.29, 0.717) is 12.0 Å². The van der Waals surface area contributed by atoms with Gasteiger partial charge in [-0.1, -0.05) is 23.8 Å². The fraction of sp³-hybridized carbons (Fsp3) is 0.400. The normalized spacial score (nSPS) is 22.3. The molecule has 2 amide bonds. The second-order valence-electron chi connectivity index (χ2n) is 10.8. The van der Waals surface area contributed by atoms with Gasteiger partial charge >= 0.3 is 12.4 Å². The van der Waals surface area contributed by atoms with Crippen LogP contribution >= 0.6 is 0 Å². The molecule has 2 aliphatic rings. The molecule has 1 saturated heterocycles. The molecular formula is C30H29F6NO6. The summed E-state index contributed by atoms with van der Waals surface area (Å²) in [5, 5.41) is 41.2. The number of allylic oxidation sites excluding steroid dienone is 1. The van der Waals surface area contributed by atoms with Gasteiger partial charge in [-0.25, -0.2) is 4.90 Å². The first-order valence-corrected chi connectivity index (χ1v) is 13.3. The number of nitrogens with zero attached hydrogens (tertiary/aromatic N) is 1. The third-order valence-corrected chi connectivity index (χ3v) is 7.86. The van der Waals surface area contributed by atoms with Crippen LogP contribution in [-0.4, -0.2) is 51.6 Å². The van der Waals surface area contributed by atoms with Crippen molar-refractivity contribution in [2.75, 3.05) is 18.1 Å². The highest BCUT2D eigenvalue weighted by molar-refractivity contribution is 6.22. The Bertz CT molecular complexity index is 1430. The molecule has 2 aromatic carbocycles. The zero-order valence-corrected chi connectivity index (χ0v) is 22.8. The van der Waals surface area contributed by atoms with E-state index >= 15 is 0 Å². The molecule has 1 aliphatic heterocycles. The lowest BCUT2D eigenvalue weighted by Crippen LogP contribution is -2.39. The zero-order chi connectivity index (χ0) is 31.9. The van der Waals surface area contributed by atoms with Crippen molar-refractivity contribution in [1.29, 1.82) is 0 Å². The van der Waals surface area contributed by atoms with Gasteiger partial charge in [0.2, 0.25) is 11.8 Å². The van der Waals surface area contributed by atoms with E-state index in [9.17, 15) is 56.4 Å². The largest absolute Gasteiger partial charge is 0.508 e. The van der Waals surface area contributed by atoms with Gasteiger partial charge in [-0.3, -0.25) is 9.59 Å². The van der Waals surface area contributed by atoms with Crippen molar-refractivity contribution in [2.24, 2.45) is 17.8 Å². The van der Waals surface area contributed by atoms with Crippen LogP contribution in [0.15, 0.2) is 59.2 Å². The van der Waals surface area contributed by atoms with Gasteiger partial charge in [0.25, 0.3) is 0 Å². The predicted molar refractivity (Wildman–Crippen MR) is 142 cm³/mol. The quantitative estimate of drug-likeness (QED) is 0.187. The second kappa shape index (κ2) is 12.1. The van der Waals surface area contributed by atoms with Crippen molar-refractivity contribution in [3.05, 3.63) is 75.9 Å². The number of rotatable bonds is 8. The molecule has 4 atom stereocenters. The molecule has 0 unspecified atom stereocenters. The molecule has 2 aromatic rings. The Balaban J connectivity index is 1.65. The maximum atomic E-state index is 13.5. The lowest BCUT2D eigenvalue weighted by molar-refractivity contribution is -0.143. The molecule has 4 rings (SSSR count). The SMILES string of the molecule is C/C(=C\c1cccc(O)c1)CC[C@@H](O)C1=C(CO)C[C@H]2C(=O)N(c3cc(C(F)(F)F)cc(C(F)(F)F)c3)C(=O)[C@H]2[C@H]1CO. The molecule has 232 valence electrons. The first kappa shape index (κ1) is 32.2. The third-order valence-electron chi connectivity index (χ3n) is 7.86. The molecule has 0 saturated carbocycles. The van der Waals surface area contributed by atoms with Gasteiger partial charge in [0.05, 0.1) is 48.0 Å². The maximum Gasteiger partial charge on any atom is 0.416 e. The summed E-state index contributed by atoms with van der Waals surface area (Å²) < 4.78 is 80.8. The number of aromatic hydroxyl groups is 1. The van der Waals surface area contributed by atoms with Gasteiger partial charge < -0.3 is 20.4 Å². The summed E-state index contributed by atoms with van der Waals surface area (Å²) in [7, 11) is 0. The number of fused-ring (bicyclic) bond motifs is 1.